The van der Waals surface area contributed by atoms with Crippen LogP contribution in [0, 0.1) is 13.8 Å². The molecule has 186 valence electrons. The standard InChI is InChI=1S/C28H27NO7/c1-4-19-7-5-6-8-22(19)29-25(30)23(35-27(33)20-13-9-17(2)10-14-20)24(26(31)32)36-28(34)21-15-11-18(3)12-16-21/h5-16,23-24H,4H2,1-3H3,(H,29,30)(H,31,32)/t23-,24+/m0/s1. The molecule has 0 saturated heterocycles. The smallest absolute Gasteiger partial charge is 0.349 e. The van der Waals surface area contributed by atoms with Gasteiger partial charge in [0.2, 0.25) is 12.2 Å². The highest BCUT2D eigenvalue weighted by atomic mass is 16.6. The molecule has 0 aliphatic carbocycles. The van der Waals surface area contributed by atoms with Gasteiger partial charge in [-0.25, -0.2) is 14.4 Å². The van der Waals surface area contributed by atoms with Gasteiger partial charge in [-0.3, -0.25) is 4.79 Å². The minimum absolute atomic E-state index is 0.0900. The van der Waals surface area contributed by atoms with E-state index in [1.54, 1.807) is 48.5 Å². The summed E-state index contributed by atoms with van der Waals surface area (Å²) in [4.78, 5) is 50.9. The van der Waals surface area contributed by atoms with E-state index in [0.29, 0.717) is 12.1 Å². The molecule has 8 nitrogen and oxygen atoms in total. The Morgan fingerprint density at radius 3 is 1.69 bits per heavy atom. The van der Waals surface area contributed by atoms with Gasteiger partial charge in [-0.1, -0.05) is 60.5 Å². The van der Waals surface area contributed by atoms with Gasteiger partial charge < -0.3 is 19.9 Å². The van der Waals surface area contributed by atoms with Crippen molar-refractivity contribution in [3.05, 3.63) is 101 Å². The lowest BCUT2D eigenvalue weighted by Gasteiger charge is -2.24. The van der Waals surface area contributed by atoms with Crippen LogP contribution in [0.4, 0.5) is 5.69 Å². The molecule has 1 amide bonds. The first-order chi connectivity index (χ1) is 17.2. The fraction of sp³-hybridized carbons (Fsp3) is 0.214. The second kappa shape index (κ2) is 11.8. The van der Waals surface area contributed by atoms with Crippen molar-refractivity contribution in [1.29, 1.82) is 0 Å². The Balaban J connectivity index is 1.93. The molecule has 0 aliphatic heterocycles. The van der Waals surface area contributed by atoms with Crippen LogP contribution in [0.15, 0.2) is 72.8 Å². The van der Waals surface area contributed by atoms with Gasteiger partial charge >= 0.3 is 17.9 Å². The Kier molecular flexibility index (Phi) is 8.57. The van der Waals surface area contributed by atoms with Gasteiger partial charge in [0.1, 0.15) is 0 Å². The third kappa shape index (κ3) is 6.56. The number of hydrogen-bond donors (Lipinski definition) is 2. The molecule has 2 atom stereocenters. The number of amides is 1. The van der Waals surface area contributed by atoms with Crippen LogP contribution in [0.25, 0.3) is 0 Å². The summed E-state index contributed by atoms with van der Waals surface area (Å²) in [7, 11) is 0. The first-order valence-electron chi connectivity index (χ1n) is 11.4. The summed E-state index contributed by atoms with van der Waals surface area (Å²) < 4.78 is 10.5. The number of hydrogen-bond acceptors (Lipinski definition) is 6. The number of ether oxygens (including phenoxy) is 2. The molecule has 0 aromatic heterocycles. The van der Waals surface area contributed by atoms with Gasteiger partial charge in [0.25, 0.3) is 5.91 Å². The van der Waals surface area contributed by atoms with Crippen LogP contribution in [0.3, 0.4) is 0 Å². The van der Waals surface area contributed by atoms with Gasteiger partial charge in [-0.2, -0.15) is 0 Å². The summed E-state index contributed by atoms with van der Waals surface area (Å²) in [5, 5.41) is 12.5. The summed E-state index contributed by atoms with van der Waals surface area (Å²) in [5.41, 5.74) is 3.20. The Morgan fingerprint density at radius 2 is 1.22 bits per heavy atom. The second-order valence-corrected chi connectivity index (χ2v) is 8.22. The number of esters is 2. The van der Waals surface area contributed by atoms with E-state index in [4.69, 9.17) is 9.47 Å². The van der Waals surface area contributed by atoms with Gasteiger partial charge in [-0.15, -0.1) is 0 Å². The number of rotatable bonds is 9. The number of carbonyl (C=O) groups is 4. The number of aliphatic carboxylic acids is 1. The van der Waals surface area contributed by atoms with E-state index in [0.717, 1.165) is 16.7 Å². The molecule has 0 saturated carbocycles. The number of carboxylic acids is 1. The maximum atomic E-state index is 13.3. The van der Waals surface area contributed by atoms with E-state index in [1.165, 1.54) is 24.3 Å². The lowest BCUT2D eigenvalue weighted by Crippen LogP contribution is -2.48. The van der Waals surface area contributed by atoms with Gasteiger partial charge in [0.05, 0.1) is 11.1 Å². The normalized spacial score (nSPS) is 12.2. The molecule has 36 heavy (non-hydrogen) atoms. The maximum Gasteiger partial charge on any atom is 0.349 e. The number of benzene rings is 3. The zero-order valence-electron chi connectivity index (χ0n) is 20.2. The van der Waals surface area contributed by atoms with E-state index in [1.807, 2.05) is 20.8 Å². The number of anilines is 1. The fourth-order valence-corrected chi connectivity index (χ4v) is 3.39. The van der Waals surface area contributed by atoms with Crippen LogP contribution in [0.2, 0.25) is 0 Å². The third-order valence-electron chi connectivity index (χ3n) is 5.48. The lowest BCUT2D eigenvalue weighted by molar-refractivity contribution is -0.157. The molecular formula is C28H27NO7. The van der Waals surface area contributed by atoms with Crippen LogP contribution in [0.5, 0.6) is 0 Å². The fourth-order valence-electron chi connectivity index (χ4n) is 3.39. The van der Waals surface area contributed by atoms with Crippen LogP contribution in [-0.4, -0.2) is 41.1 Å². The van der Waals surface area contributed by atoms with Gasteiger partial charge in [0.15, 0.2) is 0 Å². The van der Waals surface area contributed by atoms with Crippen molar-refractivity contribution < 1.29 is 33.8 Å². The molecule has 0 unspecified atom stereocenters. The Hall–Kier alpha value is -4.46. The Bertz CT molecular complexity index is 1250. The summed E-state index contributed by atoms with van der Waals surface area (Å²) in [6, 6.07) is 19.6. The quantitative estimate of drug-likeness (QED) is 0.429. The topological polar surface area (TPSA) is 119 Å². The SMILES string of the molecule is CCc1ccccc1NC(=O)[C@@H](OC(=O)c1ccc(C)cc1)[C@@H](OC(=O)c1ccc(C)cc1)C(=O)O. The van der Waals surface area contributed by atoms with E-state index < -0.39 is 36.0 Å². The molecule has 2 N–H and O–H groups in total. The van der Waals surface area contributed by atoms with Crippen LogP contribution >= 0.6 is 0 Å². The number of carboxylic acid groups (broad SMARTS) is 1. The van der Waals surface area contributed by atoms with Crippen molar-refractivity contribution in [2.45, 2.75) is 39.4 Å². The summed E-state index contributed by atoms with van der Waals surface area (Å²) in [6.45, 7) is 5.55. The molecular weight excluding hydrogens is 462 g/mol. The number of nitrogens with one attached hydrogen (secondary N) is 1. The van der Waals surface area contributed by atoms with Crippen molar-refractivity contribution in [1.82, 2.24) is 0 Å². The molecule has 0 bridgehead atoms. The van der Waals surface area contributed by atoms with E-state index >= 15 is 0 Å². The molecule has 3 rings (SSSR count). The molecule has 0 aliphatic rings. The number of para-hydroxylation sites is 1. The van der Waals surface area contributed by atoms with E-state index in [9.17, 15) is 24.3 Å². The first kappa shape index (κ1) is 26.2. The van der Waals surface area contributed by atoms with Gasteiger partial charge in [0, 0.05) is 5.69 Å². The van der Waals surface area contributed by atoms with Crippen molar-refractivity contribution >= 4 is 29.5 Å². The summed E-state index contributed by atoms with van der Waals surface area (Å²) in [6.07, 6.45) is -3.47. The van der Waals surface area contributed by atoms with Crippen molar-refractivity contribution in [2.75, 3.05) is 5.32 Å². The molecule has 0 fully saturated rings. The van der Waals surface area contributed by atoms with Crippen LogP contribution in [0.1, 0.15) is 44.3 Å². The predicted octanol–water partition coefficient (Wildman–Crippen LogP) is 4.34. The van der Waals surface area contributed by atoms with Crippen LogP contribution in [-0.2, 0) is 25.5 Å². The summed E-state index contributed by atoms with van der Waals surface area (Å²) in [5.74, 6) is -4.49. The highest BCUT2D eigenvalue weighted by Crippen LogP contribution is 2.19. The first-order valence-corrected chi connectivity index (χ1v) is 11.4. The monoisotopic (exact) mass is 489 g/mol. The summed E-state index contributed by atoms with van der Waals surface area (Å²) >= 11 is 0. The highest BCUT2D eigenvalue weighted by molar-refractivity contribution is 6.01. The largest absolute Gasteiger partial charge is 0.478 e. The molecule has 3 aromatic rings. The zero-order chi connectivity index (χ0) is 26.2. The van der Waals surface area contributed by atoms with Crippen LogP contribution < -0.4 is 5.32 Å². The predicted molar refractivity (Wildman–Crippen MR) is 133 cm³/mol. The van der Waals surface area contributed by atoms with E-state index in [-0.39, 0.29) is 11.1 Å². The zero-order valence-corrected chi connectivity index (χ0v) is 20.2. The van der Waals surface area contributed by atoms with Crippen molar-refractivity contribution in [3.8, 4) is 0 Å². The van der Waals surface area contributed by atoms with E-state index in [2.05, 4.69) is 5.32 Å². The molecule has 0 radical (unpaired) electrons. The lowest BCUT2D eigenvalue weighted by atomic mass is 10.1. The Morgan fingerprint density at radius 1 is 0.750 bits per heavy atom. The Labute approximate surface area is 208 Å². The number of aryl methyl sites for hydroxylation is 3. The van der Waals surface area contributed by atoms with Crippen molar-refractivity contribution in [3.63, 3.8) is 0 Å². The molecule has 8 heteroatoms. The minimum atomic E-state index is -2.10. The highest BCUT2D eigenvalue weighted by Gasteiger charge is 2.41. The molecule has 3 aromatic carbocycles. The minimum Gasteiger partial charge on any atom is -0.478 e. The maximum absolute atomic E-state index is 13.3. The van der Waals surface area contributed by atoms with Crippen molar-refractivity contribution in [2.24, 2.45) is 0 Å². The average molecular weight is 490 g/mol. The average Bonchev–Trinajstić information content (AvgIpc) is 2.86. The molecule has 0 spiro atoms. The molecule has 0 heterocycles. The second-order valence-electron chi connectivity index (χ2n) is 8.22. The third-order valence-corrected chi connectivity index (χ3v) is 5.48. The van der Waals surface area contributed by atoms with Gasteiger partial charge in [-0.05, 0) is 56.2 Å². The number of carbonyl (C=O) groups excluding carboxylic acids is 3.